The molecule has 1 saturated carbocycles. The van der Waals surface area contributed by atoms with Crippen molar-refractivity contribution in [2.45, 2.75) is 75.3 Å². The van der Waals surface area contributed by atoms with E-state index in [9.17, 15) is 0 Å². The summed E-state index contributed by atoms with van der Waals surface area (Å²) in [5.41, 5.74) is 6.00. The van der Waals surface area contributed by atoms with Crippen molar-refractivity contribution in [1.29, 1.82) is 0 Å². The highest BCUT2D eigenvalue weighted by molar-refractivity contribution is 9.12. The number of benzene rings is 1. The molecular formula is C26H30Br2N2S3. The summed E-state index contributed by atoms with van der Waals surface area (Å²) in [6, 6.07) is 6.91. The Morgan fingerprint density at radius 1 is 0.970 bits per heavy atom. The minimum Gasteiger partial charge on any atom is -0.172 e. The number of halogens is 2. The Hall–Kier alpha value is -0.210. The molecule has 7 heteroatoms. The SMILES string of the molecule is CCCCCCc1cc(-c2ccc(C3=CC4C(CCCCC)C4(Br)S3)c3nsnc23)sc1Br. The molecule has 2 nitrogen and oxygen atoms in total. The maximum atomic E-state index is 4.74. The molecule has 176 valence electrons. The number of unbranched alkanes of at least 4 members (excludes halogenated alkanes) is 5. The fourth-order valence-corrected chi connectivity index (χ4v) is 10.3. The minimum atomic E-state index is 0.218. The smallest absolute Gasteiger partial charge is 0.114 e. The second-order valence-corrected chi connectivity index (χ2v) is 15.4. The highest BCUT2D eigenvalue weighted by Crippen LogP contribution is 2.74. The van der Waals surface area contributed by atoms with Crippen LogP contribution in [0.5, 0.6) is 0 Å². The van der Waals surface area contributed by atoms with Gasteiger partial charge in [0.2, 0.25) is 0 Å². The lowest BCUT2D eigenvalue weighted by atomic mass is 10.0. The fraction of sp³-hybridized carbons (Fsp3) is 0.538. The summed E-state index contributed by atoms with van der Waals surface area (Å²) in [5.74, 6) is 1.43. The van der Waals surface area contributed by atoms with Crippen LogP contribution in [0.4, 0.5) is 0 Å². The van der Waals surface area contributed by atoms with Gasteiger partial charge in [0.25, 0.3) is 0 Å². The Morgan fingerprint density at radius 2 is 1.70 bits per heavy atom. The van der Waals surface area contributed by atoms with E-state index in [1.807, 2.05) is 23.1 Å². The third kappa shape index (κ3) is 4.78. The number of nitrogens with zero attached hydrogens (tertiary/aromatic N) is 2. The number of aryl methyl sites for hydroxylation is 1. The van der Waals surface area contributed by atoms with Crippen molar-refractivity contribution < 1.29 is 0 Å². The predicted octanol–water partition coefficient (Wildman–Crippen LogP) is 10.3. The van der Waals surface area contributed by atoms with Crippen LogP contribution in [0.25, 0.3) is 26.4 Å². The molecule has 3 aromatic rings. The summed E-state index contributed by atoms with van der Waals surface area (Å²) in [4.78, 5) is 2.66. The maximum Gasteiger partial charge on any atom is 0.114 e. The average Bonchev–Trinajstić information content (AvgIpc) is 3.29. The molecule has 0 saturated heterocycles. The van der Waals surface area contributed by atoms with E-state index in [0.29, 0.717) is 5.92 Å². The van der Waals surface area contributed by atoms with Crippen LogP contribution in [0.1, 0.15) is 76.3 Å². The third-order valence-electron chi connectivity index (χ3n) is 7.00. The van der Waals surface area contributed by atoms with Gasteiger partial charge >= 0.3 is 0 Å². The van der Waals surface area contributed by atoms with Gasteiger partial charge in [-0.3, -0.25) is 0 Å². The number of alkyl halides is 1. The van der Waals surface area contributed by atoms with E-state index in [4.69, 9.17) is 8.75 Å². The summed E-state index contributed by atoms with van der Waals surface area (Å²) in [5, 5.41) is 0. The molecule has 3 unspecified atom stereocenters. The molecular weight excluding hydrogens is 596 g/mol. The van der Waals surface area contributed by atoms with Crippen LogP contribution in [0.3, 0.4) is 0 Å². The van der Waals surface area contributed by atoms with Crippen LogP contribution in [0, 0.1) is 11.8 Å². The largest absolute Gasteiger partial charge is 0.172 e. The Morgan fingerprint density at radius 3 is 2.42 bits per heavy atom. The van der Waals surface area contributed by atoms with Gasteiger partial charge in [-0.1, -0.05) is 86.5 Å². The summed E-state index contributed by atoms with van der Waals surface area (Å²) in [6.45, 7) is 4.55. The Labute approximate surface area is 226 Å². The lowest BCUT2D eigenvalue weighted by molar-refractivity contribution is 0.604. The maximum absolute atomic E-state index is 4.74. The van der Waals surface area contributed by atoms with Crippen molar-refractivity contribution >= 4 is 82.6 Å². The topological polar surface area (TPSA) is 25.8 Å². The average molecular weight is 627 g/mol. The predicted molar refractivity (Wildman–Crippen MR) is 155 cm³/mol. The number of fused-ring (bicyclic) bond motifs is 2. The molecule has 3 atom stereocenters. The molecule has 0 bridgehead atoms. The molecule has 5 rings (SSSR count). The number of thioether (sulfide) groups is 1. The first-order valence-corrected chi connectivity index (χ1v) is 16.2. The third-order valence-corrected chi connectivity index (χ3v) is 12.6. The molecule has 3 heterocycles. The van der Waals surface area contributed by atoms with Crippen molar-refractivity contribution in [3.63, 3.8) is 0 Å². The quantitative estimate of drug-likeness (QED) is 0.157. The highest BCUT2D eigenvalue weighted by atomic mass is 79.9. The standard InChI is InChI=1S/C26H30Br2N2S3/c1-3-5-7-9-10-16-14-21(31-25(16)27)17-12-13-18(24-23(17)29-33-30-24)22-15-20-19(11-8-6-4-2)26(20,28)32-22/h12-15,19-20H,3-11H2,1-2H3. The zero-order chi connectivity index (χ0) is 23.0. The van der Waals surface area contributed by atoms with Crippen molar-refractivity contribution in [2.75, 3.05) is 0 Å². The molecule has 33 heavy (non-hydrogen) atoms. The lowest BCUT2D eigenvalue weighted by Gasteiger charge is -2.12. The van der Waals surface area contributed by atoms with Gasteiger partial charge in [-0.25, -0.2) is 0 Å². The van der Waals surface area contributed by atoms with E-state index in [2.05, 4.69) is 70.0 Å². The Kier molecular flexibility index (Phi) is 7.73. The molecule has 1 fully saturated rings. The Balaban J connectivity index is 1.37. The summed E-state index contributed by atoms with van der Waals surface area (Å²) in [6.07, 6.45) is 14.1. The first-order valence-electron chi connectivity index (χ1n) is 12.2. The van der Waals surface area contributed by atoms with Gasteiger partial charge < -0.3 is 0 Å². The second-order valence-electron chi connectivity index (χ2n) is 9.30. The van der Waals surface area contributed by atoms with Gasteiger partial charge in [0.15, 0.2) is 0 Å². The molecule has 0 spiro atoms. The fourth-order valence-electron chi connectivity index (χ4n) is 5.02. The van der Waals surface area contributed by atoms with Crippen molar-refractivity contribution in [3.8, 4) is 10.4 Å². The van der Waals surface area contributed by atoms with Gasteiger partial charge in [-0.15, -0.1) is 23.1 Å². The second kappa shape index (κ2) is 10.4. The lowest BCUT2D eigenvalue weighted by Crippen LogP contribution is -1.96. The van der Waals surface area contributed by atoms with E-state index in [1.165, 1.54) is 93.4 Å². The molecule has 0 amide bonds. The molecule has 0 N–H and O–H groups in total. The van der Waals surface area contributed by atoms with Crippen LogP contribution < -0.4 is 0 Å². The molecule has 1 aromatic carbocycles. The molecule has 0 radical (unpaired) electrons. The number of aromatic nitrogens is 2. The summed E-state index contributed by atoms with van der Waals surface area (Å²) >= 11 is 13.1. The van der Waals surface area contributed by atoms with Crippen LogP contribution >= 0.6 is 66.7 Å². The molecule has 2 aliphatic rings. The molecule has 2 aromatic heterocycles. The zero-order valence-electron chi connectivity index (χ0n) is 19.2. The molecule has 1 aliphatic heterocycles. The monoisotopic (exact) mass is 624 g/mol. The van der Waals surface area contributed by atoms with Crippen molar-refractivity contribution in [1.82, 2.24) is 8.75 Å². The number of rotatable bonds is 11. The van der Waals surface area contributed by atoms with Crippen LogP contribution in [0.2, 0.25) is 0 Å². The van der Waals surface area contributed by atoms with Crippen LogP contribution in [-0.2, 0) is 6.42 Å². The molecule has 1 aliphatic carbocycles. The van der Waals surface area contributed by atoms with Crippen LogP contribution in [-0.4, -0.2) is 12.4 Å². The Bertz CT molecular complexity index is 1170. The van der Waals surface area contributed by atoms with E-state index in [1.54, 1.807) is 0 Å². The van der Waals surface area contributed by atoms with E-state index in [0.717, 1.165) is 23.4 Å². The van der Waals surface area contributed by atoms with Crippen molar-refractivity contribution in [2.24, 2.45) is 11.8 Å². The van der Waals surface area contributed by atoms with E-state index < -0.39 is 0 Å². The summed E-state index contributed by atoms with van der Waals surface area (Å²) in [7, 11) is 0. The van der Waals surface area contributed by atoms with Gasteiger partial charge in [-0.05, 0) is 52.7 Å². The van der Waals surface area contributed by atoms with Gasteiger partial charge in [0, 0.05) is 26.8 Å². The van der Waals surface area contributed by atoms with Gasteiger partial charge in [0.1, 0.15) is 11.0 Å². The zero-order valence-corrected chi connectivity index (χ0v) is 24.8. The van der Waals surface area contributed by atoms with E-state index in [-0.39, 0.29) is 3.66 Å². The normalized spacial score (nSPS) is 23.8. The van der Waals surface area contributed by atoms with Gasteiger partial charge in [0.05, 0.1) is 19.2 Å². The van der Waals surface area contributed by atoms with E-state index >= 15 is 0 Å². The minimum absolute atomic E-state index is 0.218. The summed E-state index contributed by atoms with van der Waals surface area (Å²) < 4.78 is 11.0. The van der Waals surface area contributed by atoms with Crippen molar-refractivity contribution in [3.05, 3.63) is 39.2 Å². The number of hydrogen-bond acceptors (Lipinski definition) is 5. The number of hydrogen-bond donors (Lipinski definition) is 0. The number of allylic oxidation sites excluding steroid dienone is 1. The first kappa shape index (κ1) is 24.5. The highest BCUT2D eigenvalue weighted by Gasteiger charge is 2.65. The van der Waals surface area contributed by atoms with Crippen LogP contribution in [0.15, 0.2) is 28.1 Å². The van der Waals surface area contributed by atoms with Gasteiger partial charge in [-0.2, -0.15) is 8.75 Å². The first-order chi connectivity index (χ1) is 16.1. The number of thiophene rings is 1.